The highest BCUT2D eigenvalue weighted by molar-refractivity contribution is 7.09. The predicted octanol–water partition coefficient (Wildman–Crippen LogP) is 1.46. The maximum Gasteiger partial charge on any atom is 0.270 e. The van der Waals surface area contributed by atoms with E-state index >= 15 is 0 Å². The summed E-state index contributed by atoms with van der Waals surface area (Å²) in [5.41, 5.74) is 1.21. The summed E-state index contributed by atoms with van der Waals surface area (Å²) in [7, 11) is 3.44. The number of ether oxygens (including phenoxy) is 1. The van der Waals surface area contributed by atoms with E-state index in [9.17, 15) is 9.59 Å². The second-order valence-corrected chi connectivity index (χ2v) is 8.10. The third-order valence-corrected chi connectivity index (χ3v) is 6.07. The quantitative estimate of drug-likeness (QED) is 0.727. The maximum absolute atomic E-state index is 12.7. The van der Waals surface area contributed by atoms with Crippen molar-refractivity contribution in [3.8, 4) is 0 Å². The van der Waals surface area contributed by atoms with Gasteiger partial charge in [0.15, 0.2) is 0 Å². The molecule has 2 heterocycles. The monoisotopic (exact) mass is 405 g/mol. The van der Waals surface area contributed by atoms with Gasteiger partial charge >= 0.3 is 0 Å². The van der Waals surface area contributed by atoms with Gasteiger partial charge in [-0.2, -0.15) is 0 Å². The number of hydrogen-bond donors (Lipinski definition) is 2. The molecule has 2 aromatic heterocycles. The van der Waals surface area contributed by atoms with Crippen molar-refractivity contribution in [1.29, 1.82) is 0 Å². The molecular weight excluding hydrogens is 378 g/mol. The number of aryl methyl sites for hydroxylation is 2. The van der Waals surface area contributed by atoms with Gasteiger partial charge in [-0.1, -0.05) is 0 Å². The van der Waals surface area contributed by atoms with Crippen LogP contribution in [0.15, 0.2) is 17.9 Å². The number of imidazole rings is 1. The fourth-order valence-corrected chi connectivity index (χ4v) is 4.36. The molecule has 9 heteroatoms. The number of methoxy groups -OCH3 is 1. The van der Waals surface area contributed by atoms with E-state index < -0.39 is 0 Å². The first-order valence-electron chi connectivity index (χ1n) is 9.47. The van der Waals surface area contributed by atoms with Crippen LogP contribution in [0.3, 0.4) is 0 Å². The molecule has 152 valence electrons. The second-order valence-electron chi connectivity index (χ2n) is 7.12. The van der Waals surface area contributed by atoms with Crippen LogP contribution in [0.1, 0.15) is 40.5 Å². The summed E-state index contributed by atoms with van der Waals surface area (Å²) >= 11 is 1.59. The Kier molecular flexibility index (Phi) is 6.79. The highest BCUT2D eigenvalue weighted by Crippen LogP contribution is 2.27. The van der Waals surface area contributed by atoms with Crippen molar-refractivity contribution in [3.63, 3.8) is 0 Å². The Morgan fingerprint density at radius 3 is 2.82 bits per heavy atom. The predicted molar refractivity (Wildman–Crippen MR) is 106 cm³/mol. The zero-order valence-corrected chi connectivity index (χ0v) is 17.3. The molecule has 0 bridgehead atoms. The number of carbonyl (C=O) groups is 2. The first kappa shape index (κ1) is 20.5. The standard InChI is InChI=1S/C19H27N5O3S/c1-12-17(24(2)11-22-12)19(26)23-14-10-13(4-5-15(14)27-3)18(25)21-7-6-16-20-8-9-28-16/h8-9,11,13-15H,4-7,10H2,1-3H3,(H,21,25)(H,23,26)/t13-,14+,15+/m0/s1. The normalized spacial score (nSPS) is 22.0. The number of nitrogens with zero attached hydrogens (tertiary/aromatic N) is 3. The van der Waals surface area contributed by atoms with E-state index in [4.69, 9.17) is 4.74 Å². The molecule has 0 unspecified atom stereocenters. The van der Waals surface area contributed by atoms with Gasteiger partial charge in [0, 0.05) is 44.6 Å². The van der Waals surface area contributed by atoms with Gasteiger partial charge in [-0.15, -0.1) is 11.3 Å². The van der Waals surface area contributed by atoms with Crippen LogP contribution in [0.4, 0.5) is 0 Å². The zero-order chi connectivity index (χ0) is 20.1. The van der Waals surface area contributed by atoms with Crippen molar-refractivity contribution in [3.05, 3.63) is 34.3 Å². The average Bonchev–Trinajstić information content (AvgIpc) is 3.31. The van der Waals surface area contributed by atoms with Gasteiger partial charge in [0.1, 0.15) is 5.69 Å². The maximum atomic E-state index is 12.7. The molecule has 0 aliphatic heterocycles. The van der Waals surface area contributed by atoms with Crippen molar-refractivity contribution >= 4 is 23.2 Å². The summed E-state index contributed by atoms with van der Waals surface area (Å²) < 4.78 is 7.27. The lowest BCUT2D eigenvalue weighted by Gasteiger charge is -2.35. The Labute approximate surface area is 168 Å². The van der Waals surface area contributed by atoms with Gasteiger partial charge < -0.3 is 19.9 Å². The van der Waals surface area contributed by atoms with Gasteiger partial charge in [0.2, 0.25) is 5.91 Å². The molecule has 1 fully saturated rings. The lowest BCUT2D eigenvalue weighted by atomic mass is 9.83. The third-order valence-electron chi connectivity index (χ3n) is 5.23. The Morgan fingerprint density at radius 1 is 1.36 bits per heavy atom. The van der Waals surface area contributed by atoms with E-state index in [0.29, 0.717) is 24.4 Å². The Morgan fingerprint density at radius 2 is 2.18 bits per heavy atom. The van der Waals surface area contributed by atoms with E-state index in [1.54, 1.807) is 42.6 Å². The minimum absolute atomic E-state index is 0.0297. The molecule has 2 N–H and O–H groups in total. The van der Waals surface area contributed by atoms with Crippen LogP contribution in [0.25, 0.3) is 0 Å². The zero-order valence-electron chi connectivity index (χ0n) is 16.5. The fourth-order valence-electron chi connectivity index (χ4n) is 3.74. The molecule has 28 heavy (non-hydrogen) atoms. The molecule has 3 rings (SSSR count). The summed E-state index contributed by atoms with van der Waals surface area (Å²) in [5, 5.41) is 9.00. The summed E-state index contributed by atoms with van der Waals surface area (Å²) in [6, 6.07) is -0.213. The van der Waals surface area contributed by atoms with E-state index in [0.717, 1.165) is 24.3 Å². The molecule has 1 aliphatic carbocycles. The summed E-state index contributed by atoms with van der Waals surface area (Å²) in [6.45, 7) is 2.38. The second kappa shape index (κ2) is 9.29. The van der Waals surface area contributed by atoms with Crippen molar-refractivity contribution in [2.24, 2.45) is 13.0 Å². The first-order chi connectivity index (χ1) is 13.5. The minimum Gasteiger partial charge on any atom is -0.379 e. The fraction of sp³-hybridized carbons (Fsp3) is 0.579. The molecule has 0 saturated heterocycles. The van der Waals surface area contributed by atoms with Crippen LogP contribution in [-0.2, 0) is 23.0 Å². The Bertz CT molecular complexity index is 785. The van der Waals surface area contributed by atoms with Crippen molar-refractivity contribution in [2.75, 3.05) is 13.7 Å². The van der Waals surface area contributed by atoms with Gasteiger partial charge in [-0.25, -0.2) is 9.97 Å². The minimum atomic E-state index is -0.213. The van der Waals surface area contributed by atoms with Crippen LogP contribution in [0, 0.1) is 12.8 Å². The number of rotatable bonds is 7. The van der Waals surface area contributed by atoms with Gasteiger partial charge in [0.05, 0.1) is 29.2 Å². The highest BCUT2D eigenvalue weighted by atomic mass is 32.1. The number of thiazole rings is 1. The number of carbonyl (C=O) groups excluding carboxylic acids is 2. The molecule has 1 saturated carbocycles. The molecular formula is C19H27N5O3S. The molecule has 0 aromatic carbocycles. The van der Waals surface area contributed by atoms with E-state index in [1.165, 1.54) is 0 Å². The highest BCUT2D eigenvalue weighted by Gasteiger charge is 2.35. The average molecular weight is 406 g/mol. The lowest BCUT2D eigenvalue weighted by molar-refractivity contribution is -0.127. The van der Waals surface area contributed by atoms with Crippen LogP contribution >= 0.6 is 11.3 Å². The van der Waals surface area contributed by atoms with Crippen LogP contribution in [-0.4, -0.2) is 52.1 Å². The molecule has 2 amide bonds. The number of amides is 2. The topological polar surface area (TPSA) is 98.1 Å². The van der Waals surface area contributed by atoms with Crippen LogP contribution < -0.4 is 10.6 Å². The molecule has 2 aromatic rings. The third kappa shape index (κ3) is 4.77. The van der Waals surface area contributed by atoms with E-state index in [-0.39, 0.29) is 29.9 Å². The largest absolute Gasteiger partial charge is 0.379 e. The van der Waals surface area contributed by atoms with Gasteiger partial charge in [-0.3, -0.25) is 9.59 Å². The van der Waals surface area contributed by atoms with E-state index in [1.807, 2.05) is 12.3 Å². The summed E-state index contributed by atoms with van der Waals surface area (Å²) in [5.74, 6) is -0.294. The molecule has 1 aliphatic rings. The molecule has 8 nitrogen and oxygen atoms in total. The van der Waals surface area contributed by atoms with Crippen LogP contribution in [0.5, 0.6) is 0 Å². The molecule has 0 radical (unpaired) electrons. The van der Waals surface area contributed by atoms with Crippen molar-refractivity contribution in [2.45, 2.75) is 44.8 Å². The first-order valence-corrected chi connectivity index (χ1v) is 10.3. The van der Waals surface area contributed by atoms with Gasteiger partial charge in [0.25, 0.3) is 5.91 Å². The smallest absolute Gasteiger partial charge is 0.270 e. The van der Waals surface area contributed by atoms with Crippen LogP contribution in [0.2, 0.25) is 0 Å². The molecule has 0 spiro atoms. The van der Waals surface area contributed by atoms with E-state index in [2.05, 4.69) is 20.6 Å². The van der Waals surface area contributed by atoms with Crippen molar-refractivity contribution < 1.29 is 14.3 Å². The number of nitrogens with one attached hydrogen (secondary N) is 2. The SMILES string of the molecule is CO[C@@H]1CC[C@H](C(=O)NCCc2nccs2)C[C@H]1NC(=O)c1c(C)ncn1C. The van der Waals surface area contributed by atoms with Crippen molar-refractivity contribution in [1.82, 2.24) is 25.2 Å². The number of hydrogen-bond acceptors (Lipinski definition) is 6. The number of aromatic nitrogens is 3. The summed E-state index contributed by atoms with van der Waals surface area (Å²) in [6.07, 6.45) is 6.07. The Hall–Kier alpha value is -2.26. The van der Waals surface area contributed by atoms with Gasteiger partial charge in [-0.05, 0) is 26.2 Å². The molecule has 3 atom stereocenters. The summed E-state index contributed by atoms with van der Waals surface area (Å²) in [4.78, 5) is 33.7. The lowest BCUT2D eigenvalue weighted by Crippen LogP contribution is -2.50. The Balaban J connectivity index is 1.57.